The number of rotatable bonds is 4. The maximum Gasteiger partial charge on any atom is 0.280 e. The maximum absolute atomic E-state index is 12.4. The van der Waals surface area contributed by atoms with Crippen molar-refractivity contribution in [2.75, 3.05) is 12.1 Å². The van der Waals surface area contributed by atoms with Gasteiger partial charge in [0.1, 0.15) is 11.6 Å². The molecule has 2 aromatic carbocycles. The first-order valence-electron chi connectivity index (χ1n) is 7.56. The zero-order valence-corrected chi connectivity index (χ0v) is 13.7. The van der Waals surface area contributed by atoms with E-state index in [-0.39, 0.29) is 29.4 Å². The number of carbonyl (C=O) groups excluding carboxylic acids is 1. The van der Waals surface area contributed by atoms with Gasteiger partial charge < -0.3 is 14.8 Å². The minimum atomic E-state index is -0.659. The maximum atomic E-state index is 12.4. The van der Waals surface area contributed by atoms with E-state index in [1.54, 1.807) is 18.2 Å². The lowest BCUT2D eigenvalue weighted by Gasteiger charge is -2.07. The third-order valence-corrected chi connectivity index (χ3v) is 3.78. The van der Waals surface area contributed by atoms with Crippen LogP contribution in [0.4, 0.5) is 11.4 Å². The Morgan fingerprint density at radius 1 is 1.31 bits per heavy atom. The number of aryl methyl sites for hydroxylation is 1. The van der Waals surface area contributed by atoms with Gasteiger partial charge in [-0.15, -0.1) is 0 Å². The van der Waals surface area contributed by atoms with Crippen LogP contribution in [-0.4, -0.2) is 17.6 Å². The van der Waals surface area contributed by atoms with E-state index in [0.717, 1.165) is 11.6 Å². The molecular weight excluding hydrogens is 338 g/mol. The fraction of sp³-hybridized carbons (Fsp3) is 0.111. The Morgan fingerprint density at radius 3 is 2.65 bits per heavy atom. The van der Waals surface area contributed by atoms with Gasteiger partial charge in [-0.25, -0.2) is 0 Å². The number of hydrogen-bond donors (Lipinski definition) is 1. The van der Waals surface area contributed by atoms with E-state index in [1.165, 1.54) is 12.1 Å². The molecule has 0 saturated carbocycles. The SMILES string of the molecule is Cc1ccccc1NC(=O)/C(C#N)=C\c1cc2c(cc1[N+](=O)[O-])OCO2. The number of nitro benzene ring substituents is 1. The number of anilines is 1. The molecule has 0 fully saturated rings. The minimum Gasteiger partial charge on any atom is -0.454 e. The number of amides is 1. The number of carbonyl (C=O) groups is 1. The minimum absolute atomic E-state index is 0.0431. The summed E-state index contributed by atoms with van der Waals surface area (Å²) in [7, 11) is 0. The third-order valence-electron chi connectivity index (χ3n) is 3.78. The molecule has 0 spiro atoms. The first-order valence-corrected chi connectivity index (χ1v) is 7.56. The average molecular weight is 351 g/mol. The van der Waals surface area contributed by atoms with Crippen LogP contribution in [0.25, 0.3) is 6.08 Å². The van der Waals surface area contributed by atoms with Crippen LogP contribution in [0.2, 0.25) is 0 Å². The Balaban J connectivity index is 1.97. The number of nitro groups is 1. The van der Waals surface area contributed by atoms with Gasteiger partial charge >= 0.3 is 0 Å². The Hall–Kier alpha value is -3.86. The van der Waals surface area contributed by atoms with E-state index >= 15 is 0 Å². The molecule has 1 N–H and O–H groups in total. The molecule has 8 nitrogen and oxygen atoms in total. The van der Waals surface area contributed by atoms with Crippen LogP contribution in [0.15, 0.2) is 42.0 Å². The molecule has 0 bridgehead atoms. The zero-order chi connectivity index (χ0) is 18.7. The van der Waals surface area contributed by atoms with Crippen LogP contribution in [-0.2, 0) is 4.79 Å². The highest BCUT2D eigenvalue weighted by molar-refractivity contribution is 6.10. The Kier molecular flexibility index (Phi) is 4.53. The number of nitriles is 1. The summed E-state index contributed by atoms with van der Waals surface area (Å²) in [6.45, 7) is 1.77. The third kappa shape index (κ3) is 3.32. The number of para-hydroxylation sites is 1. The standard InChI is InChI=1S/C18H13N3O5/c1-11-4-2-3-5-14(11)20-18(22)13(9-19)6-12-7-16-17(26-10-25-16)8-15(12)21(23)24/h2-8H,10H2,1H3,(H,20,22)/b13-6-. The van der Waals surface area contributed by atoms with E-state index in [9.17, 15) is 20.2 Å². The van der Waals surface area contributed by atoms with Gasteiger partial charge in [0.05, 0.1) is 16.6 Å². The summed E-state index contributed by atoms with van der Waals surface area (Å²) in [5.74, 6) is -0.0936. The molecule has 0 atom stereocenters. The van der Waals surface area contributed by atoms with Crippen molar-refractivity contribution < 1.29 is 19.2 Å². The summed E-state index contributed by atoms with van der Waals surface area (Å²) in [6, 6.07) is 11.4. The summed E-state index contributed by atoms with van der Waals surface area (Å²) >= 11 is 0. The van der Waals surface area contributed by atoms with Crippen molar-refractivity contribution in [2.24, 2.45) is 0 Å². The Labute approximate surface area is 148 Å². The van der Waals surface area contributed by atoms with Crippen LogP contribution >= 0.6 is 0 Å². The van der Waals surface area contributed by atoms with Gasteiger partial charge in [-0.3, -0.25) is 14.9 Å². The Morgan fingerprint density at radius 2 is 2.00 bits per heavy atom. The second kappa shape index (κ2) is 6.94. The molecule has 0 aromatic heterocycles. The second-order valence-electron chi connectivity index (χ2n) is 5.46. The highest BCUT2D eigenvalue weighted by atomic mass is 16.7. The fourth-order valence-electron chi connectivity index (χ4n) is 2.43. The predicted molar refractivity (Wildman–Crippen MR) is 92.6 cm³/mol. The number of ether oxygens (including phenoxy) is 2. The van der Waals surface area contributed by atoms with Gasteiger partial charge in [-0.05, 0) is 30.7 Å². The molecule has 0 aliphatic carbocycles. The van der Waals surface area contributed by atoms with Crippen molar-refractivity contribution in [3.05, 3.63) is 63.2 Å². The van der Waals surface area contributed by atoms with Crippen molar-refractivity contribution in [2.45, 2.75) is 6.92 Å². The van der Waals surface area contributed by atoms with Crippen LogP contribution in [0.1, 0.15) is 11.1 Å². The number of benzene rings is 2. The number of fused-ring (bicyclic) bond motifs is 1. The van der Waals surface area contributed by atoms with Crippen LogP contribution in [0.5, 0.6) is 11.5 Å². The van der Waals surface area contributed by atoms with E-state index < -0.39 is 10.8 Å². The second-order valence-corrected chi connectivity index (χ2v) is 5.46. The molecular formula is C18H13N3O5. The summed E-state index contributed by atoms with van der Waals surface area (Å²) in [4.78, 5) is 23.1. The largest absolute Gasteiger partial charge is 0.454 e. The molecule has 1 heterocycles. The molecule has 0 radical (unpaired) electrons. The van der Waals surface area contributed by atoms with Crippen molar-refractivity contribution in [3.8, 4) is 17.6 Å². The molecule has 8 heteroatoms. The quantitative estimate of drug-likeness (QED) is 0.391. The molecule has 1 aliphatic heterocycles. The van der Waals surface area contributed by atoms with Crippen molar-refractivity contribution in [3.63, 3.8) is 0 Å². The molecule has 1 aliphatic rings. The average Bonchev–Trinajstić information content (AvgIpc) is 3.08. The van der Waals surface area contributed by atoms with E-state index in [0.29, 0.717) is 11.4 Å². The molecule has 0 unspecified atom stereocenters. The van der Waals surface area contributed by atoms with E-state index in [2.05, 4.69) is 5.32 Å². The van der Waals surface area contributed by atoms with Crippen molar-refractivity contribution in [1.82, 2.24) is 0 Å². The van der Waals surface area contributed by atoms with Gasteiger partial charge in [-0.1, -0.05) is 18.2 Å². The normalized spacial score (nSPS) is 12.4. The lowest BCUT2D eigenvalue weighted by Crippen LogP contribution is -2.14. The molecule has 1 amide bonds. The summed E-state index contributed by atoms with van der Waals surface area (Å²) < 4.78 is 10.3. The highest BCUT2D eigenvalue weighted by Gasteiger charge is 2.23. The lowest BCUT2D eigenvalue weighted by molar-refractivity contribution is -0.385. The topological polar surface area (TPSA) is 114 Å². The van der Waals surface area contributed by atoms with E-state index in [1.807, 2.05) is 19.1 Å². The number of nitrogens with one attached hydrogen (secondary N) is 1. The summed E-state index contributed by atoms with van der Waals surface area (Å²) in [6.07, 6.45) is 1.16. The molecule has 130 valence electrons. The summed E-state index contributed by atoms with van der Waals surface area (Å²) in [5, 5.41) is 23.2. The van der Waals surface area contributed by atoms with Crippen LogP contribution < -0.4 is 14.8 Å². The monoisotopic (exact) mass is 351 g/mol. The number of nitrogens with zero attached hydrogens (tertiary/aromatic N) is 2. The van der Waals surface area contributed by atoms with E-state index in [4.69, 9.17) is 9.47 Å². The van der Waals surface area contributed by atoms with Gasteiger partial charge in [0, 0.05) is 5.69 Å². The first kappa shape index (κ1) is 17.0. The molecule has 26 heavy (non-hydrogen) atoms. The molecule has 3 rings (SSSR count). The fourth-order valence-corrected chi connectivity index (χ4v) is 2.43. The molecule has 2 aromatic rings. The zero-order valence-electron chi connectivity index (χ0n) is 13.7. The first-order chi connectivity index (χ1) is 12.5. The van der Waals surface area contributed by atoms with Gasteiger partial charge in [-0.2, -0.15) is 5.26 Å². The van der Waals surface area contributed by atoms with Gasteiger partial charge in [0.25, 0.3) is 11.6 Å². The van der Waals surface area contributed by atoms with Crippen molar-refractivity contribution >= 4 is 23.4 Å². The highest BCUT2D eigenvalue weighted by Crippen LogP contribution is 2.38. The predicted octanol–water partition coefficient (Wildman–Crippen LogP) is 3.18. The number of hydrogen-bond acceptors (Lipinski definition) is 6. The van der Waals surface area contributed by atoms with Crippen LogP contribution in [0.3, 0.4) is 0 Å². The molecule has 0 saturated heterocycles. The lowest BCUT2D eigenvalue weighted by atomic mass is 10.1. The van der Waals surface area contributed by atoms with Gasteiger partial charge in [0.15, 0.2) is 11.5 Å². The summed E-state index contributed by atoms with van der Waals surface area (Å²) in [5.41, 5.74) is 0.905. The van der Waals surface area contributed by atoms with Crippen LogP contribution in [0, 0.1) is 28.4 Å². The van der Waals surface area contributed by atoms with Gasteiger partial charge in [0.2, 0.25) is 6.79 Å². The Bertz CT molecular complexity index is 975. The van der Waals surface area contributed by atoms with Crippen molar-refractivity contribution in [1.29, 1.82) is 5.26 Å². The smallest absolute Gasteiger partial charge is 0.280 e.